The van der Waals surface area contributed by atoms with Gasteiger partial charge in [-0.1, -0.05) is 6.07 Å². The van der Waals surface area contributed by atoms with Crippen molar-refractivity contribution >= 4 is 0 Å². The minimum absolute atomic E-state index is 0.142. The molecule has 1 atom stereocenters. The Balaban J connectivity index is 1.96. The third kappa shape index (κ3) is 3.01. The summed E-state index contributed by atoms with van der Waals surface area (Å²) in [5.74, 6) is 0. The summed E-state index contributed by atoms with van der Waals surface area (Å²) in [4.78, 5) is 6.48. The smallest absolute Gasteiger partial charge is 0.0667 e. The molecule has 1 aromatic rings. The van der Waals surface area contributed by atoms with Crippen molar-refractivity contribution in [2.45, 2.75) is 32.4 Å². The predicted molar refractivity (Wildman–Crippen MR) is 59.5 cm³/mol. The lowest BCUT2D eigenvalue weighted by Crippen LogP contribution is -2.37. The van der Waals surface area contributed by atoms with Crippen molar-refractivity contribution in [3.63, 3.8) is 0 Å². The van der Waals surface area contributed by atoms with Crippen LogP contribution in [0.4, 0.5) is 0 Å². The van der Waals surface area contributed by atoms with Crippen LogP contribution in [0.25, 0.3) is 0 Å². The fraction of sp³-hybridized carbons (Fsp3) is 0.583. The van der Waals surface area contributed by atoms with Gasteiger partial charge in [-0.3, -0.25) is 9.88 Å². The molecule has 0 saturated carbocycles. The first kappa shape index (κ1) is 10.6. The predicted octanol–water partition coefficient (Wildman–Crippen LogP) is 1.35. The molecule has 1 aliphatic rings. The molecule has 1 aliphatic heterocycles. The van der Waals surface area contributed by atoms with E-state index in [1.165, 1.54) is 11.1 Å². The van der Waals surface area contributed by atoms with Crippen LogP contribution in [-0.4, -0.2) is 34.2 Å². The van der Waals surface area contributed by atoms with E-state index in [4.69, 9.17) is 0 Å². The maximum absolute atomic E-state index is 9.55. The van der Waals surface area contributed by atoms with E-state index in [9.17, 15) is 5.11 Å². The third-order valence-corrected chi connectivity index (χ3v) is 2.82. The van der Waals surface area contributed by atoms with Crippen molar-refractivity contribution in [2.75, 3.05) is 13.1 Å². The zero-order chi connectivity index (χ0) is 10.7. The van der Waals surface area contributed by atoms with Crippen LogP contribution in [0, 0.1) is 6.92 Å². The van der Waals surface area contributed by atoms with Gasteiger partial charge in [0.05, 0.1) is 6.10 Å². The van der Waals surface area contributed by atoms with Crippen LogP contribution in [0.1, 0.15) is 24.0 Å². The van der Waals surface area contributed by atoms with E-state index in [1.807, 2.05) is 12.4 Å². The van der Waals surface area contributed by atoms with Gasteiger partial charge in [0.2, 0.25) is 0 Å². The fourth-order valence-corrected chi connectivity index (χ4v) is 2.14. The standard InChI is InChI=1S/C12H18N2O/c1-10-5-11(7-13-6-10)8-14-4-2-3-12(15)9-14/h5-7,12,15H,2-4,8-9H2,1H3. The van der Waals surface area contributed by atoms with E-state index in [2.05, 4.69) is 22.9 Å². The lowest BCUT2D eigenvalue weighted by molar-refractivity contribution is 0.0668. The molecule has 0 aliphatic carbocycles. The molecule has 1 unspecified atom stereocenters. The number of β-amino-alcohol motifs (C(OH)–C–C–N with tert-alkyl or cyclic N) is 1. The average molecular weight is 206 g/mol. The topological polar surface area (TPSA) is 36.4 Å². The van der Waals surface area contributed by atoms with Crippen LogP contribution in [0.15, 0.2) is 18.5 Å². The molecule has 3 nitrogen and oxygen atoms in total. The van der Waals surface area contributed by atoms with Gasteiger partial charge < -0.3 is 5.11 Å². The number of hydrogen-bond acceptors (Lipinski definition) is 3. The Morgan fingerprint density at radius 1 is 1.53 bits per heavy atom. The number of aliphatic hydroxyl groups excluding tert-OH is 1. The van der Waals surface area contributed by atoms with E-state index < -0.39 is 0 Å². The first-order chi connectivity index (χ1) is 7.24. The Hall–Kier alpha value is -0.930. The van der Waals surface area contributed by atoms with E-state index in [0.717, 1.165) is 32.5 Å². The molecule has 0 amide bonds. The number of pyridine rings is 1. The lowest BCUT2D eigenvalue weighted by Gasteiger charge is -2.29. The van der Waals surface area contributed by atoms with Gasteiger partial charge >= 0.3 is 0 Å². The van der Waals surface area contributed by atoms with Gasteiger partial charge in [0.1, 0.15) is 0 Å². The molecule has 1 saturated heterocycles. The van der Waals surface area contributed by atoms with Crippen LogP contribution < -0.4 is 0 Å². The maximum atomic E-state index is 9.55. The van der Waals surface area contributed by atoms with Gasteiger partial charge in [0.25, 0.3) is 0 Å². The van der Waals surface area contributed by atoms with E-state index in [0.29, 0.717) is 0 Å². The van der Waals surface area contributed by atoms with Crippen molar-refractivity contribution in [2.24, 2.45) is 0 Å². The molecular weight excluding hydrogens is 188 g/mol. The summed E-state index contributed by atoms with van der Waals surface area (Å²) < 4.78 is 0. The molecule has 1 N–H and O–H groups in total. The third-order valence-electron chi connectivity index (χ3n) is 2.82. The van der Waals surface area contributed by atoms with Gasteiger partial charge in [-0.15, -0.1) is 0 Å². The number of aliphatic hydroxyl groups is 1. The molecule has 82 valence electrons. The van der Waals surface area contributed by atoms with Crippen LogP contribution >= 0.6 is 0 Å². The highest BCUT2D eigenvalue weighted by atomic mass is 16.3. The normalized spacial score (nSPS) is 22.9. The highest BCUT2D eigenvalue weighted by Crippen LogP contribution is 2.13. The number of rotatable bonds is 2. The molecule has 0 radical (unpaired) electrons. The van der Waals surface area contributed by atoms with Crippen LogP contribution in [0.2, 0.25) is 0 Å². The molecule has 0 spiro atoms. The van der Waals surface area contributed by atoms with Crippen molar-refractivity contribution in [3.8, 4) is 0 Å². The quantitative estimate of drug-likeness (QED) is 0.793. The number of hydrogen-bond donors (Lipinski definition) is 1. The van der Waals surface area contributed by atoms with Crippen LogP contribution in [-0.2, 0) is 6.54 Å². The number of aryl methyl sites for hydroxylation is 1. The summed E-state index contributed by atoms with van der Waals surface area (Å²) in [6.45, 7) is 4.85. The molecule has 0 aromatic carbocycles. The van der Waals surface area contributed by atoms with Crippen molar-refractivity contribution < 1.29 is 5.11 Å². The Kier molecular flexibility index (Phi) is 3.34. The summed E-state index contributed by atoms with van der Waals surface area (Å²) in [6.07, 6.45) is 5.68. The summed E-state index contributed by atoms with van der Waals surface area (Å²) in [7, 11) is 0. The molecule has 1 aromatic heterocycles. The first-order valence-corrected chi connectivity index (χ1v) is 5.55. The van der Waals surface area contributed by atoms with Crippen molar-refractivity contribution in [3.05, 3.63) is 29.6 Å². The summed E-state index contributed by atoms with van der Waals surface area (Å²) in [6, 6.07) is 2.16. The largest absolute Gasteiger partial charge is 0.392 e. The summed E-state index contributed by atoms with van der Waals surface area (Å²) in [5.41, 5.74) is 2.44. The SMILES string of the molecule is Cc1cncc(CN2CCCC(O)C2)c1. The second-order valence-corrected chi connectivity index (χ2v) is 4.40. The van der Waals surface area contributed by atoms with Gasteiger partial charge in [-0.2, -0.15) is 0 Å². The fourth-order valence-electron chi connectivity index (χ4n) is 2.14. The van der Waals surface area contributed by atoms with Gasteiger partial charge in [0.15, 0.2) is 0 Å². The van der Waals surface area contributed by atoms with Crippen molar-refractivity contribution in [1.82, 2.24) is 9.88 Å². The van der Waals surface area contributed by atoms with Gasteiger partial charge in [-0.25, -0.2) is 0 Å². The number of aromatic nitrogens is 1. The minimum Gasteiger partial charge on any atom is -0.392 e. The summed E-state index contributed by atoms with van der Waals surface area (Å²) >= 11 is 0. The van der Waals surface area contributed by atoms with Gasteiger partial charge in [-0.05, 0) is 37.4 Å². The second-order valence-electron chi connectivity index (χ2n) is 4.40. The zero-order valence-electron chi connectivity index (χ0n) is 9.19. The van der Waals surface area contributed by atoms with Crippen molar-refractivity contribution in [1.29, 1.82) is 0 Å². The van der Waals surface area contributed by atoms with E-state index >= 15 is 0 Å². The maximum Gasteiger partial charge on any atom is 0.0667 e. The number of piperidine rings is 1. The molecule has 2 rings (SSSR count). The zero-order valence-corrected chi connectivity index (χ0v) is 9.19. The lowest BCUT2D eigenvalue weighted by atomic mass is 10.1. The summed E-state index contributed by atoms with van der Waals surface area (Å²) in [5, 5.41) is 9.55. The second kappa shape index (κ2) is 4.73. The van der Waals surface area contributed by atoms with Gasteiger partial charge in [0, 0.05) is 25.5 Å². The Bertz CT molecular complexity index is 327. The molecule has 2 heterocycles. The average Bonchev–Trinajstić information content (AvgIpc) is 2.17. The van der Waals surface area contributed by atoms with E-state index in [-0.39, 0.29) is 6.10 Å². The molecule has 3 heteroatoms. The monoisotopic (exact) mass is 206 g/mol. The molecule has 15 heavy (non-hydrogen) atoms. The molecule has 0 bridgehead atoms. The highest BCUT2D eigenvalue weighted by Gasteiger charge is 2.17. The van der Waals surface area contributed by atoms with E-state index in [1.54, 1.807) is 0 Å². The molecular formula is C12H18N2O. The van der Waals surface area contributed by atoms with Crippen LogP contribution in [0.5, 0.6) is 0 Å². The highest BCUT2D eigenvalue weighted by molar-refractivity contribution is 5.16. The Morgan fingerprint density at radius 2 is 2.40 bits per heavy atom. The number of likely N-dealkylation sites (tertiary alicyclic amines) is 1. The van der Waals surface area contributed by atoms with Crippen LogP contribution in [0.3, 0.4) is 0 Å². The first-order valence-electron chi connectivity index (χ1n) is 5.55. The minimum atomic E-state index is -0.142. The Morgan fingerprint density at radius 3 is 3.13 bits per heavy atom. The Labute approximate surface area is 90.8 Å². The molecule has 1 fully saturated rings. The number of nitrogens with zero attached hydrogens (tertiary/aromatic N) is 2.